The van der Waals surface area contributed by atoms with Crippen molar-refractivity contribution in [3.8, 4) is 0 Å². The van der Waals surface area contributed by atoms with Crippen LogP contribution in [0.2, 0.25) is 5.02 Å². The molecule has 0 aliphatic heterocycles. The second-order valence-electron chi connectivity index (χ2n) is 2.36. The summed E-state index contributed by atoms with van der Waals surface area (Å²) in [5, 5.41) is -0.277. The van der Waals surface area contributed by atoms with Crippen molar-refractivity contribution in [3.63, 3.8) is 0 Å². The maximum atomic E-state index is 12.9. The summed E-state index contributed by atoms with van der Waals surface area (Å²) in [5.74, 6) is -1.45. The lowest BCUT2D eigenvalue weighted by Crippen LogP contribution is -2.04. The molecule has 70 valence electrons. The van der Waals surface area contributed by atoms with Gasteiger partial charge in [-0.25, -0.2) is 9.18 Å². The molecule has 1 aromatic carbocycles. The first-order valence-electron chi connectivity index (χ1n) is 3.39. The highest BCUT2D eigenvalue weighted by Crippen LogP contribution is 2.23. The molecule has 0 aromatic heterocycles. The van der Waals surface area contributed by atoms with Crippen LogP contribution in [0.3, 0.4) is 0 Å². The zero-order valence-electron chi connectivity index (χ0n) is 6.80. The molecular formula is C8H7ClFNO2. The van der Waals surface area contributed by atoms with Crippen molar-refractivity contribution in [3.05, 3.63) is 28.5 Å². The first-order valence-corrected chi connectivity index (χ1v) is 3.77. The van der Waals surface area contributed by atoms with Gasteiger partial charge in [-0.15, -0.1) is 0 Å². The smallest absolute Gasteiger partial charge is 0.339 e. The summed E-state index contributed by atoms with van der Waals surface area (Å²) in [6.45, 7) is 0. The van der Waals surface area contributed by atoms with Gasteiger partial charge in [-0.05, 0) is 12.1 Å². The number of halogens is 2. The van der Waals surface area contributed by atoms with Crippen molar-refractivity contribution in [1.29, 1.82) is 0 Å². The fraction of sp³-hybridized carbons (Fsp3) is 0.125. The molecule has 0 radical (unpaired) electrons. The number of nitrogens with two attached hydrogens (primary N) is 1. The van der Waals surface area contributed by atoms with E-state index in [1.54, 1.807) is 0 Å². The van der Waals surface area contributed by atoms with Crippen molar-refractivity contribution in [2.24, 2.45) is 0 Å². The fourth-order valence-corrected chi connectivity index (χ4v) is 1.05. The minimum atomic E-state index is -0.734. The van der Waals surface area contributed by atoms with Crippen LogP contribution in [0.15, 0.2) is 12.1 Å². The Labute approximate surface area is 79.2 Å². The fourth-order valence-electron chi connectivity index (χ4n) is 0.869. The first kappa shape index (κ1) is 9.80. The van der Waals surface area contributed by atoms with Gasteiger partial charge in [0, 0.05) is 5.69 Å². The molecule has 0 fully saturated rings. The largest absolute Gasteiger partial charge is 0.465 e. The lowest BCUT2D eigenvalue weighted by atomic mass is 10.2. The van der Waals surface area contributed by atoms with E-state index in [0.717, 1.165) is 6.07 Å². The second kappa shape index (κ2) is 3.62. The molecule has 3 nitrogen and oxygen atoms in total. The minimum Gasteiger partial charge on any atom is -0.465 e. The molecule has 0 saturated carbocycles. The van der Waals surface area contributed by atoms with Crippen LogP contribution in [0.1, 0.15) is 10.4 Å². The molecule has 0 saturated heterocycles. The molecular weight excluding hydrogens is 197 g/mol. The first-order chi connectivity index (χ1) is 6.06. The van der Waals surface area contributed by atoms with Crippen LogP contribution < -0.4 is 5.73 Å². The zero-order chi connectivity index (χ0) is 10.0. The van der Waals surface area contributed by atoms with Crippen LogP contribution in [0.25, 0.3) is 0 Å². The summed E-state index contributed by atoms with van der Waals surface area (Å²) >= 11 is 5.51. The maximum absolute atomic E-state index is 12.9. The van der Waals surface area contributed by atoms with Crippen LogP contribution in [0.4, 0.5) is 10.1 Å². The molecule has 13 heavy (non-hydrogen) atoms. The number of carbonyl (C=O) groups excluding carboxylic acids is 1. The Morgan fingerprint density at radius 3 is 2.77 bits per heavy atom. The van der Waals surface area contributed by atoms with Crippen LogP contribution in [-0.4, -0.2) is 13.1 Å². The topological polar surface area (TPSA) is 52.3 Å². The Morgan fingerprint density at radius 1 is 1.62 bits per heavy atom. The van der Waals surface area contributed by atoms with Gasteiger partial charge in [0.2, 0.25) is 0 Å². The van der Waals surface area contributed by atoms with Crippen molar-refractivity contribution in [2.45, 2.75) is 0 Å². The molecule has 0 aliphatic carbocycles. The van der Waals surface area contributed by atoms with Gasteiger partial charge in [-0.1, -0.05) is 11.6 Å². The summed E-state index contributed by atoms with van der Waals surface area (Å²) in [6.07, 6.45) is 0. The quantitative estimate of drug-likeness (QED) is 0.560. The van der Waals surface area contributed by atoms with Gasteiger partial charge in [-0.3, -0.25) is 0 Å². The van der Waals surface area contributed by atoms with Gasteiger partial charge >= 0.3 is 5.97 Å². The molecule has 0 spiro atoms. The average molecular weight is 204 g/mol. The van der Waals surface area contributed by atoms with Gasteiger partial charge < -0.3 is 10.5 Å². The van der Waals surface area contributed by atoms with E-state index in [1.165, 1.54) is 13.2 Å². The van der Waals surface area contributed by atoms with Gasteiger partial charge in [0.05, 0.1) is 17.7 Å². The van der Waals surface area contributed by atoms with Crippen molar-refractivity contribution >= 4 is 23.3 Å². The number of rotatable bonds is 1. The molecule has 0 bridgehead atoms. The Morgan fingerprint density at radius 2 is 2.23 bits per heavy atom. The van der Waals surface area contributed by atoms with Gasteiger partial charge in [-0.2, -0.15) is 0 Å². The normalized spacial score (nSPS) is 9.77. The highest BCUT2D eigenvalue weighted by atomic mass is 35.5. The number of ether oxygens (including phenoxy) is 1. The highest BCUT2D eigenvalue weighted by Gasteiger charge is 2.14. The number of esters is 1. The summed E-state index contributed by atoms with van der Waals surface area (Å²) in [4.78, 5) is 11.0. The van der Waals surface area contributed by atoms with E-state index < -0.39 is 11.8 Å². The van der Waals surface area contributed by atoms with E-state index >= 15 is 0 Å². The summed E-state index contributed by atoms with van der Waals surface area (Å²) in [6, 6.07) is 2.30. The molecule has 5 heteroatoms. The van der Waals surface area contributed by atoms with Crippen molar-refractivity contribution < 1.29 is 13.9 Å². The van der Waals surface area contributed by atoms with Crippen molar-refractivity contribution in [1.82, 2.24) is 0 Å². The van der Waals surface area contributed by atoms with Crippen LogP contribution in [-0.2, 0) is 4.74 Å². The molecule has 0 unspecified atom stereocenters. The Kier molecular flexibility index (Phi) is 2.72. The molecule has 1 rings (SSSR count). The maximum Gasteiger partial charge on any atom is 0.339 e. The average Bonchev–Trinajstić information content (AvgIpc) is 2.10. The number of hydrogen-bond donors (Lipinski definition) is 1. The lowest BCUT2D eigenvalue weighted by molar-refractivity contribution is 0.0600. The molecule has 0 aliphatic rings. The van der Waals surface area contributed by atoms with Gasteiger partial charge in [0.1, 0.15) is 5.82 Å². The minimum absolute atomic E-state index is 0.0679. The second-order valence-corrected chi connectivity index (χ2v) is 2.73. The predicted molar refractivity (Wildman–Crippen MR) is 47.2 cm³/mol. The lowest BCUT2D eigenvalue weighted by Gasteiger charge is -2.03. The van der Waals surface area contributed by atoms with Gasteiger partial charge in [0.25, 0.3) is 0 Å². The number of methoxy groups -OCH3 is 1. The third-order valence-electron chi connectivity index (χ3n) is 1.46. The molecule has 2 N–H and O–H groups in total. The van der Waals surface area contributed by atoms with Crippen LogP contribution >= 0.6 is 11.6 Å². The Bertz CT molecular complexity index is 354. The van der Waals surface area contributed by atoms with E-state index in [0.29, 0.717) is 0 Å². The third kappa shape index (κ3) is 1.89. The van der Waals surface area contributed by atoms with E-state index in [9.17, 15) is 9.18 Å². The van der Waals surface area contributed by atoms with E-state index in [2.05, 4.69) is 4.74 Å². The monoisotopic (exact) mass is 203 g/mol. The molecule has 0 atom stereocenters. The number of carbonyl (C=O) groups is 1. The summed E-state index contributed by atoms with van der Waals surface area (Å²) < 4.78 is 17.3. The number of hydrogen-bond acceptors (Lipinski definition) is 3. The van der Waals surface area contributed by atoms with E-state index in [4.69, 9.17) is 17.3 Å². The highest BCUT2D eigenvalue weighted by molar-refractivity contribution is 6.33. The summed E-state index contributed by atoms with van der Waals surface area (Å²) in [7, 11) is 1.18. The zero-order valence-corrected chi connectivity index (χ0v) is 7.56. The van der Waals surface area contributed by atoms with E-state index in [-0.39, 0.29) is 16.3 Å². The summed E-state index contributed by atoms with van der Waals surface area (Å²) in [5.41, 5.74) is 5.37. The Hall–Kier alpha value is -1.29. The number of nitrogen functional groups attached to an aromatic ring is 1. The molecule has 0 amide bonds. The predicted octanol–water partition coefficient (Wildman–Crippen LogP) is 1.85. The SMILES string of the molecule is COC(=O)c1cc(N)cc(F)c1Cl. The standard InChI is InChI=1S/C8H7ClFNO2/c1-13-8(12)5-2-4(11)3-6(10)7(5)9/h2-3H,11H2,1H3. The number of benzene rings is 1. The number of anilines is 1. The molecule has 0 heterocycles. The van der Waals surface area contributed by atoms with Crippen LogP contribution in [0.5, 0.6) is 0 Å². The van der Waals surface area contributed by atoms with Gasteiger partial charge in [0.15, 0.2) is 0 Å². The van der Waals surface area contributed by atoms with Crippen molar-refractivity contribution in [2.75, 3.05) is 12.8 Å². The third-order valence-corrected chi connectivity index (χ3v) is 1.84. The molecule has 1 aromatic rings. The van der Waals surface area contributed by atoms with Crippen LogP contribution in [0, 0.1) is 5.82 Å². The van der Waals surface area contributed by atoms with E-state index in [1.807, 2.05) is 0 Å². The Balaban J connectivity index is 3.28.